The van der Waals surface area contributed by atoms with Crippen LogP contribution in [0.3, 0.4) is 0 Å². The lowest BCUT2D eigenvalue weighted by Crippen LogP contribution is -2.26. The number of likely N-dealkylation sites (N-methyl/N-ethyl adjacent to an activating group) is 1. The van der Waals surface area contributed by atoms with Gasteiger partial charge in [-0.1, -0.05) is 6.92 Å². The van der Waals surface area contributed by atoms with Crippen LogP contribution in [0.15, 0.2) is 12.1 Å². The number of pyridine rings is 1. The summed E-state index contributed by atoms with van der Waals surface area (Å²) in [6.45, 7) is 7.66. The predicted molar refractivity (Wildman–Crippen MR) is 77.5 cm³/mol. The van der Waals surface area contributed by atoms with Crippen molar-refractivity contribution in [1.29, 1.82) is 0 Å². The third-order valence-electron chi connectivity index (χ3n) is 3.43. The van der Waals surface area contributed by atoms with Gasteiger partial charge in [-0.2, -0.15) is 0 Å². The van der Waals surface area contributed by atoms with Crippen molar-refractivity contribution in [3.05, 3.63) is 23.4 Å². The molecular formula is C15H25N3O. The highest BCUT2D eigenvalue weighted by atomic mass is 16.5. The van der Waals surface area contributed by atoms with Crippen molar-refractivity contribution in [2.45, 2.75) is 39.3 Å². The van der Waals surface area contributed by atoms with Gasteiger partial charge in [-0.3, -0.25) is 0 Å². The zero-order valence-corrected chi connectivity index (χ0v) is 12.3. The van der Waals surface area contributed by atoms with Crippen LogP contribution >= 0.6 is 0 Å². The lowest BCUT2D eigenvalue weighted by Gasteiger charge is -2.16. The zero-order chi connectivity index (χ0) is 13.7. The molecule has 2 rings (SSSR count). The van der Waals surface area contributed by atoms with Gasteiger partial charge < -0.3 is 15.0 Å². The van der Waals surface area contributed by atoms with Crippen molar-refractivity contribution in [1.82, 2.24) is 15.2 Å². The molecule has 0 spiro atoms. The number of rotatable bonds is 8. The normalized spacial score (nSPS) is 14.9. The van der Waals surface area contributed by atoms with Crippen LogP contribution in [-0.4, -0.2) is 42.7 Å². The number of nitrogens with zero attached hydrogens (tertiary/aromatic N) is 2. The molecule has 4 nitrogen and oxygen atoms in total. The van der Waals surface area contributed by atoms with Gasteiger partial charge in [0.05, 0.1) is 0 Å². The molecule has 106 valence electrons. The van der Waals surface area contributed by atoms with Gasteiger partial charge in [0.25, 0.3) is 0 Å². The lowest BCUT2D eigenvalue weighted by molar-refractivity contribution is 0.226. The Morgan fingerprint density at radius 3 is 2.89 bits per heavy atom. The maximum Gasteiger partial charge on any atom is 0.213 e. The summed E-state index contributed by atoms with van der Waals surface area (Å²) in [7, 11) is 2.17. The van der Waals surface area contributed by atoms with Crippen molar-refractivity contribution in [2.75, 3.05) is 26.7 Å². The molecule has 1 aliphatic rings. The molecule has 0 saturated heterocycles. The number of hydrogen-bond acceptors (Lipinski definition) is 4. The van der Waals surface area contributed by atoms with Crippen LogP contribution in [0.2, 0.25) is 0 Å². The van der Waals surface area contributed by atoms with Crippen LogP contribution in [0.4, 0.5) is 0 Å². The maximum absolute atomic E-state index is 5.78. The average molecular weight is 263 g/mol. The average Bonchev–Trinajstić information content (AvgIpc) is 3.20. The number of aromatic nitrogens is 1. The molecule has 4 heteroatoms. The Morgan fingerprint density at radius 2 is 2.21 bits per heavy atom. The summed E-state index contributed by atoms with van der Waals surface area (Å²) in [5.74, 6) is 0.747. The molecule has 1 aromatic heterocycles. The highest BCUT2D eigenvalue weighted by Gasteiger charge is 2.25. The van der Waals surface area contributed by atoms with Gasteiger partial charge in [-0.25, -0.2) is 4.98 Å². The molecule has 0 atom stereocenters. The van der Waals surface area contributed by atoms with E-state index in [1.807, 2.05) is 13.0 Å². The Morgan fingerprint density at radius 1 is 1.42 bits per heavy atom. The quantitative estimate of drug-likeness (QED) is 0.778. The molecule has 19 heavy (non-hydrogen) atoms. The first kappa shape index (κ1) is 14.3. The highest BCUT2D eigenvalue weighted by molar-refractivity contribution is 5.24. The smallest absolute Gasteiger partial charge is 0.213 e. The van der Waals surface area contributed by atoms with Gasteiger partial charge in [0, 0.05) is 30.9 Å². The van der Waals surface area contributed by atoms with Crippen molar-refractivity contribution in [3.63, 3.8) is 0 Å². The first-order chi connectivity index (χ1) is 9.19. The molecular weight excluding hydrogens is 238 g/mol. The van der Waals surface area contributed by atoms with E-state index >= 15 is 0 Å². The Hall–Kier alpha value is -1.13. The van der Waals surface area contributed by atoms with Crippen molar-refractivity contribution in [3.8, 4) is 5.88 Å². The van der Waals surface area contributed by atoms with Gasteiger partial charge >= 0.3 is 0 Å². The van der Waals surface area contributed by atoms with E-state index in [9.17, 15) is 0 Å². The Kier molecular flexibility index (Phi) is 5.16. The molecule has 1 aromatic rings. The van der Waals surface area contributed by atoms with E-state index in [-0.39, 0.29) is 0 Å². The largest absolute Gasteiger partial charge is 0.476 e. The van der Waals surface area contributed by atoms with E-state index in [2.05, 4.69) is 35.2 Å². The Labute approximate surface area is 116 Å². The van der Waals surface area contributed by atoms with Crippen LogP contribution in [0, 0.1) is 6.92 Å². The topological polar surface area (TPSA) is 37.4 Å². The molecule has 1 fully saturated rings. The second kappa shape index (κ2) is 6.87. The van der Waals surface area contributed by atoms with E-state index in [0.717, 1.165) is 37.3 Å². The molecule has 0 bridgehead atoms. The van der Waals surface area contributed by atoms with E-state index in [0.29, 0.717) is 6.61 Å². The number of nitrogens with one attached hydrogen (secondary N) is 1. The molecule has 0 amide bonds. The summed E-state index contributed by atoms with van der Waals surface area (Å²) in [6.07, 6.45) is 2.68. The number of hydrogen-bond donors (Lipinski definition) is 1. The van der Waals surface area contributed by atoms with E-state index in [1.54, 1.807) is 0 Å². The Balaban J connectivity index is 1.82. The van der Waals surface area contributed by atoms with Crippen LogP contribution in [-0.2, 0) is 6.54 Å². The van der Waals surface area contributed by atoms with E-state index in [4.69, 9.17) is 4.74 Å². The first-order valence-corrected chi connectivity index (χ1v) is 7.20. The summed E-state index contributed by atoms with van der Waals surface area (Å²) >= 11 is 0. The third-order valence-corrected chi connectivity index (χ3v) is 3.43. The van der Waals surface area contributed by atoms with Crippen molar-refractivity contribution in [2.24, 2.45) is 0 Å². The summed E-state index contributed by atoms with van der Waals surface area (Å²) in [4.78, 5) is 6.80. The summed E-state index contributed by atoms with van der Waals surface area (Å²) in [5.41, 5.74) is 2.25. The number of aryl methyl sites for hydroxylation is 1. The van der Waals surface area contributed by atoms with Crippen LogP contribution in [0.1, 0.15) is 31.0 Å². The monoisotopic (exact) mass is 263 g/mol. The predicted octanol–water partition coefficient (Wildman–Crippen LogP) is 1.97. The second-order valence-electron chi connectivity index (χ2n) is 5.30. The third kappa shape index (κ3) is 4.80. The van der Waals surface area contributed by atoms with Gasteiger partial charge in [0.15, 0.2) is 0 Å². The van der Waals surface area contributed by atoms with Crippen LogP contribution in [0.25, 0.3) is 0 Å². The molecule has 1 aliphatic carbocycles. The van der Waals surface area contributed by atoms with Gasteiger partial charge in [-0.05, 0) is 45.0 Å². The molecule has 1 heterocycles. The number of ether oxygens (including phenoxy) is 1. The second-order valence-corrected chi connectivity index (χ2v) is 5.30. The van der Waals surface area contributed by atoms with E-state index in [1.165, 1.54) is 18.4 Å². The molecule has 0 aromatic carbocycles. The molecule has 0 radical (unpaired) electrons. The van der Waals surface area contributed by atoms with E-state index < -0.39 is 0 Å². The summed E-state index contributed by atoms with van der Waals surface area (Å²) in [6, 6.07) is 4.93. The fourth-order valence-electron chi connectivity index (χ4n) is 2.14. The first-order valence-electron chi connectivity index (χ1n) is 7.20. The minimum Gasteiger partial charge on any atom is -0.476 e. The lowest BCUT2D eigenvalue weighted by atomic mass is 10.2. The van der Waals surface area contributed by atoms with Crippen LogP contribution < -0.4 is 10.1 Å². The standard InChI is InChI=1S/C15H25N3O/c1-4-16-11-13-9-12(2)17-15(10-13)19-8-7-18(3)14-5-6-14/h9-10,14,16H,4-8,11H2,1-3H3. The zero-order valence-electron chi connectivity index (χ0n) is 12.3. The Bertz CT molecular complexity index is 404. The molecule has 1 saturated carbocycles. The van der Waals surface area contributed by atoms with Crippen molar-refractivity contribution >= 4 is 0 Å². The van der Waals surface area contributed by atoms with Gasteiger partial charge in [-0.15, -0.1) is 0 Å². The molecule has 0 unspecified atom stereocenters. The maximum atomic E-state index is 5.78. The fraction of sp³-hybridized carbons (Fsp3) is 0.667. The summed E-state index contributed by atoms with van der Waals surface area (Å²) < 4.78 is 5.78. The minimum atomic E-state index is 0.712. The molecule has 1 N–H and O–H groups in total. The van der Waals surface area contributed by atoms with Crippen molar-refractivity contribution < 1.29 is 4.74 Å². The SMILES string of the molecule is CCNCc1cc(C)nc(OCCN(C)C2CC2)c1. The minimum absolute atomic E-state index is 0.712. The summed E-state index contributed by atoms with van der Waals surface area (Å²) in [5, 5.41) is 3.32. The fourth-order valence-corrected chi connectivity index (χ4v) is 2.14. The van der Waals surface area contributed by atoms with Gasteiger partial charge in [0.2, 0.25) is 5.88 Å². The highest BCUT2D eigenvalue weighted by Crippen LogP contribution is 2.24. The van der Waals surface area contributed by atoms with Gasteiger partial charge in [0.1, 0.15) is 6.61 Å². The van der Waals surface area contributed by atoms with Crippen LogP contribution in [0.5, 0.6) is 5.88 Å². The molecule has 0 aliphatic heterocycles.